The molecule has 142 valence electrons. The molecular formula is C20H19FN6O. The predicted octanol–water partition coefficient (Wildman–Crippen LogP) is 3.58. The maximum absolute atomic E-state index is 13.4. The van der Waals surface area contributed by atoms with E-state index in [0.29, 0.717) is 36.1 Å². The van der Waals surface area contributed by atoms with Crippen LogP contribution in [0.5, 0.6) is 0 Å². The first-order valence-corrected chi connectivity index (χ1v) is 9.23. The summed E-state index contributed by atoms with van der Waals surface area (Å²) in [6.45, 7) is 5.40. The minimum absolute atomic E-state index is 0.0978. The molecule has 8 heteroatoms. The number of nitrogens with one attached hydrogen (secondary N) is 1. The fraction of sp³-hybridized carbons (Fsp3) is 0.300. The quantitative estimate of drug-likeness (QED) is 0.589. The highest BCUT2D eigenvalue weighted by molar-refractivity contribution is 5.97. The lowest BCUT2D eigenvalue weighted by molar-refractivity contribution is -0.0260. The van der Waals surface area contributed by atoms with Crippen molar-refractivity contribution in [1.29, 1.82) is 0 Å². The van der Waals surface area contributed by atoms with Gasteiger partial charge in [-0.15, -0.1) is 0 Å². The van der Waals surface area contributed by atoms with Crippen LogP contribution in [0.25, 0.3) is 33.5 Å². The molecule has 0 spiro atoms. The van der Waals surface area contributed by atoms with E-state index in [9.17, 15) is 4.39 Å². The molecule has 0 saturated carbocycles. The number of aromatic nitrogens is 6. The first-order chi connectivity index (χ1) is 13.6. The molecule has 0 aliphatic carbocycles. The zero-order valence-electron chi connectivity index (χ0n) is 15.6. The van der Waals surface area contributed by atoms with E-state index in [1.165, 1.54) is 12.3 Å². The third kappa shape index (κ3) is 2.68. The zero-order chi connectivity index (χ0) is 19.3. The fourth-order valence-corrected chi connectivity index (χ4v) is 3.65. The Morgan fingerprint density at radius 1 is 1.21 bits per heavy atom. The van der Waals surface area contributed by atoms with Gasteiger partial charge in [0.25, 0.3) is 0 Å². The van der Waals surface area contributed by atoms with Gasteiger partial charge in [0.15, 0.2) is 5.65 Å². The Labute approximate surface area is 160 Å². The Hall–Kier alpha value is -3.13. The topological polar surface area (TPSA) is 81.5 Å². The lowest BCUT2D eigenvalue weighted by atomic mass is 9.98. The van der Waals surface area contributed by atoms with Crippen molar-refractivity contribution in [3.63, 3.8) is 0 Å². The van der Waals surface area contributed by atoms with E-state index < -0.39 is 0 Å². The highest BCUT2D eigenvalue weighted by Gasteiger charge is 2.29. The van der Waals surface area contributed by atoms with E-state index in [-0.39, 0.29) is 11.9 Å². The van der Waals surface area contributed by atoms with Gasteiger partial charge < -0.3 is 4.74 Å². The molecule has 0 radical (unpaired) electrons. The molecule has 0 amide bonds. The SMILES string of the molecule is CC(C)[C@H]1Cn2nc(-c3ccc(F)cn3)c(-c3ccnc4[nH]ncc34)c2CO1. The van der Waals surface area contributed by atoms with Gasteiger partial charge in [0.05, 0.1) is 43.0 Å². The van der Waals surface area contributed by atoms with Gasteiger partial charge in [-0.05, 0) is 24.1 Å². The van der Waals surface area contributed by atoms with Crippen molar-refractivity contribution in [1.82, 2.24) is 29.9 Å². The summed E-state index contributed by atoms with van der Waals surface area (Å²) in [6, 6.07) is 5.00. The Kier molecular flexibility index (Phi) is 3.94. The van der Waals surface area contributed by atoms with Crippen molar-refractivity contribution in [2.24, 2.45) is 5.92 Å². The summed E-state index contributed by atoms with van der Waals surface area (Å²) in [7, 11) is 0. The van der Waals surface area contributed by atoms with Crippen molar-refractivity contribution < 1.29 is 9.13 Å². The maximum Gasteiger partial charge on any atom is 0.155 e. The lowest BCUT2D eigenvalue weighted by Gasteiger charge is -2.27. The second-order valence-corrected chi connectivity index (χ2v) is 7.30. The van der Waals surface area contributed by atoms with Crippen molar-refractivity contribution in [2.75, 3.05) is 0 Å². The third-order valence-electron chi connectivity index (χ3n) is 5.18. The molecule has 4 aromatic heterocycles. The van der Waals surface area contributed by atoms with Crippen LogP contribution in [0, 0.1) is 11.7 Å². The minimum atomic E-state index is -0.376. The van der Waals surface area contributed by atoms with E-state index >= 15 is 0 Å². The van der Waals surface area contributed by atoms with Gasteiger partial charge in [0.2, 0.25) is 0 Å². The van der Waals surface area contributed by atoms with Gasteiger partial charge in [-0.25, -0.2) is 9.37 Å². The predicted molar refractivity (Wildman–Crippen MR) is 102 cm³/mol. The van der Waals surface area contributed by atoms with E-state index in [1.807, 2.05) is 10.7 Å². The summed E-state index contributed by atoms with van der Waals surface area (Å²) in [5, 5.41) is 12.8. The van der Waals surface area contributed by atoms with Gasteiger partial charge in [-0.2, -0.15) is 10.2 Å². The highest BCUT2D eigenvalue weighted by Crippen LogP contribution is 2.39. The van der Waals surface area contributed by atoms with Crippen LogP contribution in [0.15, 0.2) is 36.8 Å². The van der Waals surface area contributed by atoms with Gasteiger partial charge in [-0.1, -0.05) is 13.8 Å². The Balaban J connectivity index is 1.75. The molecule has 0 unspecified atom stereocenters. The second kappa shape index (κ2) is 6.49. The maximum atomic E-state index is 13.4. The molecule has 0 aromatic carbocycles. The largest absolute Gasteiger partial charge is 0.370 e. The summed E-state index contributed by atoms with van der Waals surface area (Å²) in [6.07, 6.45) is 4.80. The molecule has 0 fully saturated rings. The molecule has 1 aliphatic rings. The van der Waals surface area contributed by atoms with Crippen LogP contribution in [-0.4, -0.2) is 36.0 Å². The van der Waals surface area contributed by atoms with E-state index in [1.54, 1.807) is 18.5 Å². The van der Waals surface area contributed by atoms with Crippen LogP contribution in [-0.2, 0) is 17.9 Å². The lowest BCUT2D eigenvalue weighted by Crippen LogP contribution is -2.31. The number of hydrogen-bond acceptors (Lipinski definition) is 5. The van der Waals surface area contributed by atoms with Crippen molar-refractivity contribution >= 4 is 11.0 Å². The summed E-state index contributed by atoms with van der Waals surface area (Å²) in [5.41, 5.74) is 4.88. The number of halogens is 1. The van der Waals surface area contributed by atoms with E-state index in [0.717, 1.165) is 22.2 Å². The fourth-order valence-electron chi connectivity index (χ4n) is 3.65. The number of fused-ring (bicyclic) bond motifs is 2. The number of pyridine rings is 2. The average Bonchev–Trinajstić information content (AvgIpc) is 3.32. The van der Waals surface area contributed by atoms with E-state index in [4.69, 9.17) is 9.84 Å². The van der Waals surface area contributed by atoms with Crippen LogP contribution in [0.2, 0.25) is 0 Å². The molecule has 4 aromatic rings. The molecule has 1 N–H and O–H groups in total. The van der Waals surface area contributed by atoms with Crippen molar-refractivity contribution in [2.45, 2.75) is 33.1 Å². The number of aromatic amines is 1. The minimum Gasteiger partial charge on any atom is -0.370 e. The van der Waals surface area contributed by atoms with Crippen LogP contribution >= 0.6 is 0 Å². The van der Waals surface area contributed by atoms with Crippen LogP contribution in [0.1, 0.15) is 19.5 Å². The van der Waals surface area contributed by atoms with Crippen molar-refractivity contribution in [3.05, 3.63) is 48.3 Å². The zero-order valence-corrected chi connectivity index (χ0v) is 15.6. The molecule has 1 aliphatic heterocycles. The number of nitrogens with zero attached hydrogens (tertiary/aromatic N) is 5. The van der Waals surface area contributed by atoms with Gasteiger partial charge in [0.1, 0.15) is 11.5 Å². The Morgan fingerprint density at radius 3 is 2.89 bits per heavy atom. The van der Waals surface area contributed by atoms with Crippen LogP contribution in [0.4, 0.5) is 4.39 Å². The molecular weight excluding hydrogens is 359 g/mol. The van der Waals surface area contributed by atoms with Gasteiger partial charge in [-0.3, -0.25) is 14.8 Å². The highest BCUT2D eigenvalue weighted by atomic mass is 19.1. The van der Waals surface area contributed by atoms with Gasteiger partial charge in [0, 0.05) is 22.7 Å². The number of H-pyrrole nitrogens is 1. The Morgan fingerprint density at radius 2 is 2.11 bits per heavy atom. The standard InChI is InChI=1S/C20H19FN6O/c1-11(2)17-9-27-16(10-28-17)18(13-5-6-22-20-14(13)8-24-25-20)19(26-27)15-4-3-12(21)7-23-15/h3-8,11,17H,9-10H2,1-2H3,(H,22,24,25)/t17-/m1/s1. The normalized spacial score (nSPS) is 16.6. The molecule has 0 saturated heterocycles. The molecule has 5 heterocycles. The van der Waals surface area contributed by atoms with Crippen LogP contribution in [0.3, 0.4) is 0 Å². The van der Waals surface area contributed by atoms with E-state index in [2.05, 4.69) is 34.0 Å². The first-order valence-electron chi connectivity index (χ1n) is 9.23. The van der Waals surface area contributed by atoms with Crippen LogP contribution < -0.4 is 0 Å². The monoisotopic (exact) mass is 378 g/mol. The molecule has 28 heavy (non-hydrogen) atoms. The number of ether oxygens (including phenoxy) is 1. The average molecular weight is 378 g/mol. The summed E-state index contributed by atoms with van der Waals surface area (Å²) in [5.74, 6) is 0.00770. The number of hydrogen-bond donors (Lipinski definition) is 1. The Bertz CT molecular complexity index is 1150. The summed E-state index contributed by atoms with van der Waals surface area (Å²) < 4.78 is 21.5. The molecule has 7 nitrogen and oxygen atoms in total. The third-order valence-corrected chi connectivity index (χ3v) is 5.18. The van der Waals surface area contributed by atoms with Crippen molar-refractivity contribution in [3.8, 4) is 22.5 Å². The second-order valence-electron chi connectivity index (χ2n) is 7.30. The first kappa shape index (κ1) is 17.0. The van der Waals surface area contributed by atoms with Gasteiger partial charge >= 0.3 is 0 Å². The summed E-state index contributed by atoms with van der Waals surface area (Å²) in [4.78, 5) is 8.60. The molecule has 5 rings (SSSR count). The molecule has 0 bridgehead atoms. The smallest absolute Gasteiger partial charge is 0.155 e. The number of rotatable bonds is 3. The molecule has 1 atom stereocenters. The summed E-state index contributed by atoms with van der Waals surface area (Å²) >= 11 is 0.